The van der Waals surface area contributed by atoms with Crippen molar-refractivity contribution in [2.75, 3.05) is 16.3 Å². The molecule has 0 aliphatic carbocycles. The Balaban J connectivity index is 1.63. The van der Waals surface area contributed by atoms with E-state index in [1.807, 2.05) is 19.9 Å². The average molecular weight is 554 g/mol. The summed E-state index contributed by atoms with van der Waals surface area (Å²) in [6.45, 7) is 7.83. The van der Waals surface area contributed by atoms with Gasteiger partial charge in [-0.05, 0) is 61.4 Å². The third-order valence-corrected chi connectivity index (χ3v) is 8.82. The molecule has 7 nitrogen and oxygen atoms in total. The summed E-state index contributed by atoms with van der Waals surface area (Å²) in [7, 11) is 0. The molecule has 0 bridgehead atoms. The molecular formula is C30H20ClN3O4S. The molecule has 1 unspecified atom stereocenters. The second kappa shape index (κ2) is 8.11. The molecule has 9 heteroatoms. The monoisotopic (exact) mass is 553 g/mol. The molecule has 0 fully saturated rings. The third kappa shape index (κ3) is 2.98. The first-order valence-corrected chi connectivity index (χ1v) is 13.5. The van der Waals surface area contributed by atoms with Crippen LogP contribution in [0.15, 0.2) is 76.5 Å². The molecule has 4 heterocycles. The summed E-state index contributed by atoms with van der Waals surface area (Å²) in [6.07, 6.45) is 1.62. The van der Waals surface area contributed by atoms with Crippen LogP contribution in [-0.2, 0) is 10.3 Å². The molecule has 2 aliphatic heterocycles. The van der Waals surface area contributed by atoms with Gasteiger partial charge in [0.2, 0.25) is 5.76 Å². The van der Waals surface area contributed by atoms with E-state index in [0.717, 1.165) is 15.8 Å². The minimum atomic E-state index is -1.79. The van der Waals surface area contributed by atoms with Gasteiger partial charge in [-0.15, -0.1) is 6.58 Å². The molecule has 39 heavy (non-hydrogen) atoms. The van der Waals surface area contributed by atoms with E-state index in [2.05, 4.69) is 6.58 Å². The van der Waals surface area contributed by atoms with E-state index in [1.165, 1.54) is 16.2 Å². The molecule has 192 valence electrons. The Morgan fingerprint density at radius 3 is 2.64 bits per heavy atom. The molecule has 1 spiro atoms. The number of carbonyl (C=O) groups excluding carboxylic acids is 2. The third-order valence-electron chi connectivity index (χ3n) is 7.58. The topological polar surface area (TPSA) is 83.7 Å². The molecule has 0 radical (unpaired) electrons. The van der Waals surface area contributed by atoms with E-state index < -0.39 is 22.8 Å². The maximum absolute atomic E-state index is 14.6. The number of hydrogen-bond acceptors (Lipinski definition) is 6. The Kier molecular flexibility index (Phi) is 4.96. The van der Waals surface area contributed by atoms with Crippen molar-refractivity contribution in [1.29, 1.82) is 0 Å². The summed E-state index contributed by atoms with van der Waals surface area (Å²) >= 11 is 7.46. The number of carbonyl (C=O) groups is 2. The van der Waals surface area contributed by atoms with Gasteiger partial charge < -0.3 is 9.32 Å². The van der Waals surface area contributed by atoms with Crippen molar-refractivity contribution in [3.05, 3.63) is 111 Å². The van der Waals surface area contributed by atoms with Gasteiger partial charge in [-0.3, -0.25) is 19.3 Å². The first-order valence-electron chi connectivity index (χ1n) is 12.3. The number of aryl methyl sites for hydroxylation is 2. The predicted octanol–water partition coefficient (Wildman–Crippen LogP) is 6.11. The number of amides is 2. The molecule has 0 saturated carbocycles. The molecular weight excluding hydrogens is 534 g/mol. The molecule has 7 rings (SSSR count). The summed E-state index contributed by atoms with van der Waals surface area (Å²) in [5, 5.41) is 1.11. The lowest BCUT2D eigenvalue weighted by molar-refractivity contribution is -0.121. The lowest BCUT2D eigenvalue weighted by Crippen LogP contribution is -2.53. The predicted molar refractivity (Wildman–Crippen MR) is 153 cm³/mol. The van der Waals surface area contributed by atoms with Gasteiger partial charge in [0.15, 0.2) is 16.1 Å². The van der Waals surface area contributed by atoms with Crippen molar-refractivity contribution in [3.8, 4) is 0 Å². The molecule has 2 aliphatic rings. The van der Waals surface area contributed by atoms with E-state index in [0.29, 0.717) is 32.8 Å². The molecule has 3 aromatic carbocycles. The highest BCUT2D eigenvalue weighted by Crippen LogP contribution is 2.54. The second-order valence-corrected chi connectivity index (χ2v) is 11.2. The molecule has 2 amide bonds. The lowest BCUT2D eigenvalue weighted by Gasteiger charge is -2.32. The molecule has 1 atom stereocenters. The zero-order chi connectivity index (χ0) is 27.2. The van der Waals surface area contributed by atoms with E-state index >= 15 is 0 Å². The summed E-state index contributed by atoms with van der Waals surface area (Å²) in [6, 6.07) is 15.9. The zero-order valence-electron chi connectivity index (χ0n) is 20.9. The van der Waals surface area contributed by atoms with Gasteiger partial charge in [0.05, 0.1) is 26.9 Å². The van der Waals surface area contributed by atoms with Crippen LogP contribution < -0.4 is 15.2 Å². The van der Waals surface area contributed by atoms with Gasteiger partial charge in [-0.1, -0.05) is 47.2 Å². The number of anilines is 2. The molecule has 0 saturated heterocycles. The van der Waals surface area contributed by atoms with E-state index in [4.69, 9.17) is 21.0 Å². The number of benzene rings is 3. The van der Waals surface area contributed by atoms with Crippen LogP contribution in [0.4, 0.5) is 10.8 Å². The van der Waals surface area contributed by atoms with Gasteiger partial charge in [0, 0.05) is 17.1 Å². The van der Waals surface area contributed by atoms with Crippen LogP contribution in [0.3, 0.4) is 0 Å². The van der Waals surface area contributed by atoms with Crippen LogP contribution in [0.25, 0.3) is 21.2 Å². The molecule has 2 aromatic heterocycles. The highest BCUT2D eigenvalue weighted by Gasteiger charge is 2.66. The zero-order valence-corrected chi connectivity index (χ0v) is 22.5. The number of halogens is 1. The summed E-state index contributed by atoms with van der Waals surface area (Å²) in [4.78, 5) is 50.9. The quantitative estimate of drug-likeness (QED) is 0.252. The smallest absolute Gasteiger partial charge is 0.297 e. The van der Waals surface area contributed by atoms with Crippen LogP contribution in [0, 0.1) is 13.8 Å². The van der Waals surface area contributed by atoms with E-state index in [9.17, 15) is 14.4 Å². The summed E-state index contributed by atoms with van der Waals surface area (Å²) in [5.41, 5.74) is 1.64. The van der Waals surface area contributed by atoms with Crippen LogP contribution in [-0.4, -0.2) is 23.3 Å². The highest BCUT2D eigenvalue weighted by atomic mass is 35.5. The van der Waals surface area contributed by atoms with Crippen molar-refractivity contribution in [3.63, 3.8) is 0 Å². The number of aromatic nitrogens is 1. The maximum atomic E-state index is 14.6. The normalized spacial score (nSPS) is 18.0. The summed E-state index contributed by atoms with van der Waals surface area (Å²) in [5.74, 6) is -1.20. The van der Waals surface area contributed by atoms with Crippen LogP contribution >= 0.6 is 22.9 Å². The SMILES string of the molecule is C=CCN1C(=O)C2(c3ccccc31)c1c(oc3cc(C)c(C)cc3c1=O)C(=O)N2c1nc2ccc(Cl)cc2s1. The Morgan fingerprint density at radius 1 is 1.08 bits per heavy atom. The van der Waals surface area contributed by atoms with E-state index in [-0.39, 0.29) is 23.0 Å². The Hall–Kier alpha value is -4.27. The van der Waals surface area contributed by atoms with E-state index in [1.54, 1.807) is 59.5 Å². The van der Waals surface area contributed by atoms with Gasteiger partial charge in [-0.25, -0.2) is 4.98 Å². The maximum Gasteiger partial charge on any atom is 0.297 e. The molecule has 5 aromatic rings. The minimum Gasteiger partial charge on any atom is -0.450 e. The lowest BCUT2D eigenvalue weighted by atomic mass is 9.84. The Bertz CT molecular complexity index is 1990. The number of rotatable bonds is 3. The average Bonchev–Trinajstić information content (AvgIpc) is 3.51. The van der Waals surface area contributed by atoms with Crippen LogP contribution in [0.5, 0.6) is 0 Å². The first-order chi connectivity index (χ1) is 18.8. The van der Waals surface area contributed by atoms with Crippen molar-refractivity contribution in [1.82, 2.24) is 4.98 Å². The van der Waals surface area contributed by atoms with Crippen molar-refractivity contribution in [2.45, 2.75) is 19.4 Å². The van der Waals surface area contributed by atoms with Gasteiger partial charge in [-0.2, -0.15) is 0 Å². The number of nitrogens with zero attached hydrogens (tertiary/aromatic N) is 3. The fraction of sp³-hybridized carbons (Fsp3) is 0.133. The molecule has 0 N–H and O–H groups in total. The van der Waals surface area contributed by atoms with Crippen LogP contribution in [0.1, 0.15) is 32.8 Å². The fourth-order valence-corrected chi connectivity index (χ4v) is 7.00. The Labute approximate surface area is 231 Å². The first kappa shape index (κ1) is 23.8. The second-order valence-electron chi connectivity index (χ2n) is 9.75. The highest BCUT2D eigenvalue weighted by molar-refractivity contribution is 7.22. The van der Waals surface area contributed by atoms with Gasteiger partial charge in [0.1, 0.15) is 5.58 Å². The number of hydrogen-bond donors (Lipinski definition) is 0. The van der Waals surface area contributed by atoms with Crippen molar-refractivity contribution in [2.24, 2.45) is 0 Å². The van der Waals surface area contributed by atoms with Crippen molar-refractivity contribution < 1.29 is 14.0 Å². The minimum absolute atomic E-state index is 0.00422. The number of para-hydroxylation sites is 1. The van der Waals surface area contributed by atoms with Gasteiger partial charge in [0.25, 0.3) is 11.8 Å². The fourth-order valence-electron chi connectivity index (χ4n) is 5.71. The standard InChI is InChI=1S/C30H20ClN3O4S/c1-4-11-33-21-8-6-5-7-19(21)30(28(33)37)24-25(35)18-12-15(2)16(3)13-22(18)38-26(24)27(36)34(30)29-32-20-10-9-17(31)14-23(20)39-29/h4-10,12-14H,1,11H2,2-3H3. The number of fused-ring (bicyclic) bond motifs is 6. The summed E-state index contributed by atoms with van der Waals surface area (Å²) < 4.78 is 6.94. The van der Waals surface area contributed by atoms with Crippen molar-refractivity contribution >= 4 is 66.8 Å². The van der Waals surface area contributed by atoms with Crippen LogP contribution in [0.2, 0.25) is 5.02 Å². The van der Waals surface area contributed by atoms with Gasteiger partial charge >= 0.3 is 0 Å². The largest absolute Gasteiger partial charge is 0.450 e. The Morgan fingerprint density at radius 2 is 1.85 bits per heavy atom. The number of thiazole rings is 1.